The van der Waals surface area contributed by atoms with Crippen LogP contribution in [0.5, 0.6) is 0 Å². The third-order valence-electron chi connectivity index (χ3n) is 6.86. The Bertz CT molecular complexity index is 549. The van der Waals surface area contributed by atoms with Crippen molar-refractivity contribution in [2.75, 3.05) is 13.1 Å². The molecule has 1 aliphatic carbocycles. The van der Waals surface area contributed by atoms with E-state index in [1.807, 2.05) is 4.90 Å². The number of likely N-dealkylation sites (tertiary alicyclic amines) is 1. The molecule has 6 nitrogen and oxygen atoms in total. The highest BCUT2D eigenvalue weighted by atomic mass is 16.2. The predicted octanol–water partition coefficient (Wildman–Crippen LogP) is 2.82. The van der Waals surface area contributed by atoms with Gasteiger partial charge in [0.2, 0.25) is 5.91 Å². The number of hydrogen-bond donors (Lipinski definition) is 2. The summed E-state index contributed by atoms with van der Waals surface area (Å²) in [7, 11) is 0. The number of piperidine rings is 1. The van der Waals surface area contributed by atoms with E-state index >= 15 is 0 Å². The summed E-state index contributed by atoms with van der Waals surface area (Å²) in [6.45, 7) is 5.42. The Kier molecular flexibility index (Phi) is 5.88. The number of amides is 4. The van der Waals surface area contributed by atoms with E-state index in [1.165, 1.54) is 32.1 Å². The van der Waals surface area contributed by atoms with E-state index in [9.17, 15) is 14.4 Å². The number of carbonyl (C=O) groups excluding carboxylic acids is 3. The number of carbonyl (C=O) groups is 3. The summed E-state index contributed by atoms with van der Waals surface area (Å²) in [6, 6.07) is -0.407. The summed E-state index contributed by atoms with van der Waals surface area (Å²) in [6.07, 6.45) is 9.85. The van der Waals surface area contributed by atoms with E-state index in [-0.39, 0.29) is 17.7 Å². The van der Waals surface area contributed by atoms with Gasteiger partial charge >= 0.3 is 6.03 Å². The van der Waals surface area contributed by atoms with Crippen LogP contribution in [0.2, 0.25) is 0 Å². The van der Waals surface area contributed by atoms with Crippen LogP contribution in [0.4, 0.5) is 4.79 Å². The van der Waals surface area contributed by atoms with E-state index in [0.717, 1.165) is 31.6 Å². The molecular weight excluding hydrogens is 330 g/mol. The average Bonchev–Trinajstić information content (AvgIpc) is 2.92. The monoisotopic (exact) mass is 363 g/mol. The third-order valence-corrected chi connectivity index (χ3v) is 6.86. The molecule has 2 saturated heterocycles. The maximum atomic E-state index is 12.9. The Morgan fingerprint density at radius 2 is 1.77 bits per heavy atom. The molecule has 0 aromatic rings. The Morgan fingerprint density at radius 1 is 1.12 bits per heavy atom. The van der Waals surface area contributed by atoms with E-state index < -0.39 is 11.6 Å². The first-order chi connectivity index (χ1) is 12.4. The molecule has 1 saturated carbocycles. The lowest BCUT2D eigenvalue weighted by Gasteiger charge is -2.40. The fourth-order valence-electron chi connectivity index (χ4n) is 4.97. The molecule has 26 heavy (non-hydrogen) atoms. The minimum absolute atomic E-state index is 0.0859. The zero-order chi connectivity index (χ0) is 18.7. The second-order valence-electron chi connectivity index (χ2n) is 8.57. The quantitative estimate of drug-likeness (QED) is 0.737. The summed E-state index contributed by atoms with van der Waals surface area (Å²) in [4.78, 5) is 38.4. The molecule has 0 radical (unpaired) electrons. The molecule has 3 fully saturated rings. The first-order valence-electron chi connectivity index (χ1n) is 10.4. The number of nitrogens with one attached hydrogen (secondary N) is 2. The minimum atomic E-state index is -0.830. The van der Waals surface area contributed by atoms with Crippen molar-refractivity contribution >= 4 is 17.8 Å². The first-order valence-corrected chi connectivity index (χ1v) is 10.4. The molecule has 3 aliphatic rings. The molecule has 3 rings (SSSR count). The Morgan fingerprint density at radius 3 is 2.31 bits per heavy atom. The molecule has 0 bridgehead atoms. The lowest BCUT2D eigenvalue weighted by molar-refractivity contribution is -0.139. The van der Waals surface area contributed by atoms with E-state index in [2.05, 4.69) is 17.6 Å². The smallest absolute Gasteiger partial charge is 0.322 e. The molecule has 0 aromatic heterocycles. The largest absolute Gasteiger partial charge is 0.342 e. The maximum absolute atomic E-state index is 12.9. The summed E-state index contributed by atoms with van der Waals surface area (Å²) in [5.41, 5.74) is -0.830. The van der Waals surface area contributed by atoms with Crippen LogP contribution in [0.25, 0.3) is 0 Å². The summed E-state index contributed by atoms with van der Waals surface area (Å²) >= 11 is 0. The molecule has 2 N–H and O–H groups in total. The highest BCUT2D eigenvalue weighted by Crippen LogP contribution is 2.35. The van der Waals surface area contributed by atoms with Gasteiger partial charge in [0, 0.05) is 19.0 Å². The van der Waals surface area contributed by atoms with Gasteiger partial charge in [0.25, 0.3) is 5.91 Å². The van der Waals surface area contributed by atoms with Gasteiger partial charge in [-0.1, -0.05) is 26.2 Å². The maximum Gasteiger partial charge on any atom is 0.322 e. The van der Waals surface area contributed by atoms with Crippen molar-refractivity contribution in [2.24, 2.45) is 17.8 Å². The molecule has 2 aliphatic heterocycles. The van der Waals surface area contributed by atoms with Crippen LogP contribution >= 0.6 is 0 Å². The highest BCUT2D eigenvalue weighted by molar-refractivity contribution is 6.07. The zero-order valence-electron chi connectivity index (χ0n) is 16.2. The van der Waals surface area contributed by atoms with Gasteiger partial charge in [-0.3, -0.25) is 14.9 Å². The van der Waals surface area contributed by atoms with Crippen molar-refractivity contribution in [3.8, 4) is 0 Å². The van der Waals surface area contributed by atoms with E-state index in [4.69, 9.17) is 0 Å². The summed E-state index contributed by atoms with van der Waals surface area (Å²) in [5, 5.41) is 5.12. The van der Waals surface area contributed by atoms with E-state index in [1.54, 1.807) is 6.92 Å². The van der Waals surface area contributed by atoms with Gasteiger partial charge in [0.15, 0.2) is 0 Å². The highest BCUT2D eigenvalue weighted by Gasteiger charge is 2.49. The van der Waals surface area contributed by atoms with Crippen LogP contribution in [0.15, 0.2) is 0 Å². The number of imide groups is 1. The Hall–Kier alpha value is -1.59. The van der Waals surface area contributed by atoms with Gasteiger partial charge in [-0.25, -0.2) is 4.79 Å². The fourth-order valence-corrected chi connectivity index (χ4v) is 4.97. The number of rotatable bonds is 5. The minimum Gasteiger partial charge on any atom is -0.342 e. The van der Waals surface area contributed by atoms with Crippen LogP contribution < -0.4 is 10.6 Å². The standard InChI is InChI=1S/C20H33N3O3/c1-3-4-5-14-6-8-15(9-7-14)17(24)23-12-10-16(11-13-23)20(2)18(25)21-19(26)22-20/h14-16H,3-13H2,1-2H3,(H2,21,22,25,26)/t14?,15?,20-/m0/s1. The van der Waals surface area contributed by atoms with Gasteiger partial charge in [-0.05, 0) is 57.3 Å². The number of nitrogens with zero attached hydrogens (tertiary/aromatic N) is 1. The van der Waals surface area contributed by atoms with Crippen molar-refractivity contribution in [3.63, 3.8) is 0 Å². The van der Waals surface area contributed by atoms with Crippen molar-refractivity contribution in [2.45, 2.75) is 77.2 Å². The summed E-state index contributed by atoms with van der Waals surface area (Å²) < 4.78 is 0. The first kappa shape index (κ1) is 19.2. The molecule has 0 spiro atoms. The van der Waals surface area contributed by atoms with Crippen LogP contribution in [0, 0.1) is 17.8 Å². The second-order valence-corrected chi connectivity index (χ2v) is 8.57. The van der Waals surface area contributed by atoms with Crippen molar-refractivity contribution in [1.82, 2.24) is 15.5 Å². The molecule has 2 heterocycles. The molecule has 0 aromatic carbocycles. The fraction of sp³-hybridized carbons (Fsp3) is 0.850. The lowest BCUT2D eigenvalue weighted by atomic mass is 9.77. The molecule has 4 amide bonds. The topological polar surface area (TPSA) is 78.5 Å². The molecule has 6 heteroatoms. The third kappa shape index (κ3) is 3.89. The molecule has 0 unspecified atom stereocenters. The number of unbranched alkanes of at least 4 members (excludes halogenated alkanes) is 1. The number of urea groups is 1. The summed E-state index contributed by atoms with van der Waals surface area (Å²) in [5.74, 6) is 1.16. The van der Waals surface area contributed by atoms with Crippen LogP contribution in [-0.4, -0.2) is 41.4 Å². The normalized spacial score (nSPS) is 33.1. The lowest BCUT2D eigenvalue weighted by Crippen LogP contribution is -2.54. The van der Waals surface area contributed by atoms with Crippen LogP contribution in [0.3, 0.4) is 0 Å². The van der Waals surface area contributed by atoms with E-state index in [0.29, 0.717) is 19.0 Å². The number of hydrogen-bond acceptors (Lipinski definition) is 3. The van der Waals surface area contributed by atoms with Crippen molar-refractivity contribution in [1.29, 1.82) is 0 Å². The second kappa shape index (κ2) is 7.97. The predicted molar refractivity (Wildman–Crippen MR) is 99.4 cm³/mol. The Labute approximate surface area is 156 Å². The van der Waals surface area contributed by atoms with Gasteiger partial charge in [0.05, 0.1) is 0 Å². The average molecular weight is 364 g/mol. The van der Waals surface area contributed by atoms with Crippen LogP contribution in [-0.2, 0) is 9.59 Å². The molecule has 146 valence electrons. The van der Waals surface area contributed by atoms with Crippen molar-refractivity contribution in [3.05, 3.63) is 0 Å². The van der Waals surface area contributed by atoms with Gasteiger partial charge < -0.3 is 10.2 Å². The van der Waals surface area contributed by atoms with Gasteiger partial charge in [0.1, 0.15) is 5.54 Å². The SMILES string of the molecule is CCCCC1CCC(C(=O)N2CCC([C@]3(C)NC(=O)NC3=O)CC2)CC1. The van der Waals surface area contributed by atoms with Gasteiger partial charge in [-0.15, -0.1) is 0 Å². The molecule has 1 atom stereocenters. The van der Waals surface area contributed by atoms with Crippen molar-refractivity contribution < 1.29 is 14.4 Å². The molecular formula is C20H33N3O3. The Balaban J connectivity index is 1.47. The van der Waals surface area contributed by atoms with Crippen LogP contribution in [0.1, 0.15) is 71.6 Å². The van der Waals surface area contributed by atoms with Gasteiger partial charge in [-0.2, -0.15) is 0 Å². The zero-order valence-corrected chi connectivity index (χ0v) is 16.2.